The van der Waals surface area contributed by atoms with E-state index < -0.39 is 52.7 Å². The fraction of sp³-hybridized carbons (Fsp3) is 0.474. The molecule has 29 heavy (non-hydrogen) atoms. The number of nitrogens with one attached hydrogen (secondary N) is 1. The van der Waals surface area contributed by atoms with Crippen molar-refractivity contribution in [3.05, 3.63) is 62.9 Å². The van der Waals surface area contributed by atoms with Gasteiger partial charge in [0.15, 0.2) is 23.1 Å². The van der Waals surface area contributed by atoms with Gasteiger partial charge < -0.3 is 14.2 Å². The first-order chi connectivity index (χ1) is 13.7. The van der Waals surface area contributed by atoms with Gasteiger partial charge in [0, 0.05) is 12.3 Å². The number of H-pyrrole nitrogens is 1. The summed E-state index contributed by atoms with van der Waals surface area (Å²) in [5.74, 6) is -0.877. The molecule has 3 heterocycles. The Kier molecular flexibility index (Phi) is 5.30. The van der Waals surface area contributed by atoms with E-state index in [0.29, 0.717) is 4.90 Å². The average molecular weight is 422 g/mol. The zero-order valence-electron chi connectivity index (χ0n) is 16.2. The topological polar surface area (TPSA) is 109 Å². The molecule has 2 aliphatic rings. The van der Waals surface area contributed by atoms with Crippen LogP contribution < -0.4 is 11.2 Å². The van der Waals surface area contributed by atoms with Crippen LogP contribution in [0, 0.1) is 6.92 Å². The van der Waals surface area contributed by atoms with Crippen molar-refractivity contribution in [2.24, 2.45) is 0 Å². The fourth-order valence-corrected chi connectivity index (χ4v) is 4.24. The average Bonchev–Trinajstić information content (AvgIpc) is 3.14. The Morgan fingerprint density at radius 3 is 2.52 bits per heavy atom. The second-order valence-electron chi connectivity index (χ2n) is 7.48. The maximum atomic E-state index is 12.4. The zero-order chi connectivity index (χ0) is 20.8. The number of ether oxygens (including phenoxy) is 3. The summed E-state index contributed by atoms with van der Waals surface area (Å²) in [5.41, 5.74) is -0.0573. The van der Waals surface area contributed by atoms with Gasteiger partial charge in [-0.2, -0.15) is 0 Å². The monoisotopic (exact) mass is 422 g/mol. The Bertz CT molecular complexity index is 1030. The van der Waals surface area contributed by atoms with Gasteiger partial charge in [-0.25, -0.2) is 9.00 Å². The molecule has 0 bridgehead atoms. The van der Waals surface area contributed by atoms with E-state index in [4.69, 9.17) is 18.4 Å². The lowest BCUT2D eigenvalue weighted by molar-refractivity contribution is -0.199. The highest BCUT2D eigenvalue weighted by atomic mass is 32.2. The van der Waals surface area contributed by atoms with Gasteiger partial charge in [0.05, 0.1) is 11.5 Å². The molecule has 5 atom stereocenters. The van der Waals surface area contributed by atoms with Crippen LogP contribution in [0.2, 0.25) is 0 Å². The Labute approximate surface area is 169 Å². The fourth-order valence-electron chi connectivity index (χ4n) is 3.49. The van der Waals surface area contributed by atoms with Gasteiger partial charge in [-0.15, -0.1) is 0 Å². The van der Waals surface area contributed by atoms with Crippen LogP contribution in [0.5, 0.6) is 0 Å². The van der Waals surface area contributed by atoms with Gasteiger partial charge in [-0.05, 0) is 32.9 Å². The summed E-state index contributed by atoms with van der Waals surface area (Å²) in [4.78, 5) is 26.3. The van der Waals surface area contributed by atoms with Crippen LogP contribution in [0.1, 0.15) is 25.6 Å². The predicted octanol–water partition coefficient (Wildman–Crippen LogP) is 1.00. The molecule has 10 heteroatoms. The molecule has 156 valence electrons. The molecule has 1 N–H and O–H groups in total. The number of rotatable bonds is 5. The molecule has 2 saturated heterocycles. The number of aromatic nitrogens is 2. The number of nitrogens with zero attached hydrogens (tertiary/aromatic N) is 1. The van der Waals surface area contributed by atoms with Crippen LogP contribution >= 0.6 is 0 Å². The highest BCUT2D eigenvalue weighted by Gasteiger charge is 2.56. The normalized spacial score (nSPS) is 28.9. The molecule has 2 aromatic rings. The first kappa shape index (κ1) is 20.2. The van der Waals surface area contributed by atoms with Gasteiger partial charge in [-0.3, -0.25) is 18.5 Å². The van der Waals surface area contributed by atoms with E-state index in [1.807, 2.05) is 19.1 Å². The molecule has 0 saturated carbocycles. The molecule has 2 fully saturated rings. The van der Waals surface area contributed by atoms with Gasteiger partial charge >= 0.3 is 5.69 Å². The highest BCUT2D eigenvalue weighted by molar-refractivity contribution is 7.80. The van der Waals surface area contributed by atoms with Crippen molar-refractivity contribution >= 4 is 11.1 Å². The molecule has 0 unspecified atom stereocenters. The van der Waals surface area contributed by atoms with E-state index >= 15 is 0 Å². The summed E-state index contributed by atoms with van der Waals surface area (Å²) in [6, 6.07) is 8.42. The number of fused-ring (bicyclic) bond motifs is 1. The molecule has 0 aliphatic carbocycles. The molecule has 2 aliphatic heterocycles. The molecule has 9 nitrogen and oxygen atoms in total. The third-order valence-corrected chi connectivity index (χ3v) is 5.81. The number of aromatic amines is 1. The number of benzene rings is 1. The second kappa shape index (κ2) is 7.62. The smallest absolute Gasteiger partial charge is 0.330 e. The number of aryl methyl sites for hydroxylation is 1. The SMILES string of the molecule is Cc1ccc([S@](=O)OC[C@H]2O[C@@H](n3ccc(=O)[nH]c3=O)[C@@H]3OC(C)(C)O[C@@H]32)cc1. The van der Waals surface area contributed by atoms with Gasteiger partial charge in [0.2, 0.25) is 0 Å². The maximum absolute atomic E-state index is 12.4. The van der Waals surface area contributed by atoms with Crippen molar-refractivity contribution in [1.29, 1.82) is 0 Å². The van der Waals surface area contributed by atoms with Crippen LogP contribution in [0.15, 0.2) is 51.0 Å². The number of hydrogen-bond acceptors (Lipinski definition) is 7. The summed E-state index contributed by atoms with van der Waals surface area (Å²) >= 11 is -1.67. The van der Waals surface area contributed by atoms with Crippen LogP contribution in [0.25, 0.3) is 0 Å². The van der Waals surface area contributed by atoms with E-state index in [0.717, 1.165) is 5.56 Å². The molecule has 0 radical (unpaired) electrons. The molecular weight excluding hydrogens is 400 g/mol. The van der Waals surface area contributed by atoms with E-state index in [-0.39, 0.29) is 6.61 Å². The minimum Gasteiger partial charge on any atom is -0.346 e. The summed E-state index contributed by atoms with van der Waals surface area (Å²) in [5, 5.41) is 0. The Hall–Kier alpha value is -2.11. The second-order valence-corrected chi connectivity index (χ2v) is 8.66. The third kappa shape index (κ3) is 4.12. The predicted molar refractivity (Wildman–Crippen MR) is 103 cm³/mol. The largest absolute Gasteiger partial charge is 0.346 e. The molecule has 4 rings (SSSR count). The summed E-state index contributed by atoms with van der Waals surface area (Å²) < 4.78 is 37.1. The van der Waals surface area contributed by atoms with Crippen LogP contribution in [0.3, 0.4) is 0 Å². The lowest BCUT2D eigenvalue weighted by Gasteiger charge is -2.24. The standard InChI is InChI=1S/C19H22N2O7S/c1-11-4-6-12(7-5-11)29(24)25-10-13-15-16(28-19(2,3)27-15)17(26-13)21-9-8-14(22)20-18(21)23/h4-9,13,15-17H,10H2,1-3H3,(H,20,22,23)/t13-,15-,16-,17-,29-/m1/s1. The Morgan fingerprint density at radius 1 is 1.14 bits per heavy atom. The Balaban J connectivity index is 1.53. The molecule has 0 amide bonds. The van der Waals surface area contributed by atoms with Crippen molar-refractivity contribution in [3.63, 3.8) is 0 Å². The molecular formula is C19H22N2O7S. The molecule has 1 aromatic carbocycles. The summed E-state index contributed by atoms with van der Waals surface area (Å²) in [6.45, 7) is 5.45. The summed E-state index contributed by atoms with van der Waals surface area (Å²) in [6.07, 6.45) is -1.18. The minimum atomic E-state index is -1.67. The van der Waals surface area contributed by atoms with E-state index in [9.17, 15) is 13.8 Å². The van der Waals surface area contributed by atoms with E-state index in [2.05, 4.69) is 4.98 Å². The van der Waals surface area contributed by atoms with Crippen molar-refractivity contribution in [2.45, 2.75) is 56.0 Å². The van der Waals surface area contributed by atoms with E-state index in [1.54, 1.807) is 26.0 Å². The zero-order valence-corrected chi connectivity index (χ0v) is 17.0. The lowest BCUT2D eigenvalue weighted by Crippen LogP contribution is -2.37. The van der Waals surface area contributed by atoms with Crippen molar-refractivity contribution in [2.75, 3.05) is 6.61 Å². The van der Waals surface area contributed by atoms with Gasteiger partial charge in [0.25, 0.3) is 5.56 Å². The van der Waals surface area contributed by atoms with Gasteiger partial charge in [-0.1, -0.05) is 17.7 Å². The van der Waals surface area contributed by atoms with Crippen LogP contribution in [0.4, 0.5) is 0 Å². The van der Waals surface area contributed by atoms with Crippen LogP contribution in [-0.4, -0.2) is 44.5 Å². The van der Waals surface area contributed by atoms with Crippen LogP contribution in [-0.2, 0) is 29.5 Å². The number of hydrogen-bond donors (Lipinski definition) is 1. The van der Waals surface area contributed by atoms with Crippen molar-refractivity contribution in [3.8, 4) is 0 Å². The lowest BCUT2D eigenvalue weighted by atomic mass is 10.1. The quantitative estimate of drug-likeness (QED) is 0.766. The third-order valence-electron chi connectivity index (χ3n) is 4.80. The first-order valence-electron chi connectivity index (χ1n) is 9.18. The maximum Gasteiger partial charge on any atom is 0.330 e. The molecule has 1 aromatic heterocycles. The highest BCUT2D eigenvalue weighted by Crippen LogP contribution is 2.42. The molecule has 0 spiro atoms. The van der Waals surface area contributed by atoms with Crippen molar-refractivity contribution < 1.29 is 22.6 Å². The van der Waals surface area contributed by atoms with Crippen molar-refractivity contribution in [1.82, 2.24) is 9.55 Å². The first-order valence-corrected chi connectivity index (χ1v) is 10.3. The minimum absolute atomic E-state index is 0.0182. The summed E-state index contributed by atoms with van der Waals surface area (Å²) in [7, 11) is 0. The van der Waals surface area contributed by atoms with E-state index in [1.165, 1.54) is 16.8 Å². The van der Waals surface area contributed by atoms with Gasteiger partial charge in [0.1, 0.15) is 18.3 Å². The Morgan fingerprint density at radius 2 is 1.83 bits per heavy atom.